The fraction of sp³-hybridized carbons (Fsp3) is 0.867. The van der Waals surface area contributed by atoms with E-state index in [0.29, 0.717) is 0 Å². The summed E-state index contributed by atoms with van der Waals surface area (Å²) in [5.41, 5.74) is -1.22. The topological polar surface area (TPSA) is 84.9 Å². The molecule has 0 aromatic rings. The molecule has 0 fully saturated rings. The molecule has 0 radical (unpaired) electrons. The number of carbonyl (C=O) groups excluding carboxylic acids is 2. The van der Waals surface area contributed by atoms with E-state index in [2.05, 4.69) is 5.32 Å². The Morgan fingerprint density at radius 2 is 1.43 bits per heavy atom. The lowest BCUT2D eigenvalue weighted by atomic mass is 10.1. The van der Waals surface area contributed by atoms with Crippen LogP contribution in [0.15, 0.2) is 0 Å². The van der Waals surface area contributed by atoms with Gasteiger partial charge in [-0.05, 0) is 41.5 Å². The third-order valence-electron chi connectivity index (χ3n) is 1.77. The number of amides is 1. The Morgan fingerprint density at radius 1 is 1.00 bits per heavy atom. The van der Waals surface area contributed by atoms with Crippen molar-refractivity contribution in [3.63, 3.8) is 0 Å². The quantitative estimate of drug-likeness (QED) is 0.780. The molecule has 0 aliphatic heterocycles. The first-order chi connectivity index (χ1) is 9.43. The number of aliphatic hydroxyl groups excluding tert-OH is 1. The second-order valence-electron chi connectivity index (χ2n) is 6.32. The van der Waals surface area contributed by atoms with E-state index >= 15 is 0 Å². The van der Waals surface area contributed by atoms with Crippen LogP contribution in [0, 0.1) is 0 Å². The zero-order valence-electron chi connectivity index (χ0n) is 14.6. The number of hydrogen-bond donors (Lipinski definition) is 2. The molecule has 0 aromatic heterocycles. The monoisotopic (exact) mass is 305 g/mol. The van der Waals surface area contributed by atoms with Gasteiger partial charge >= 0.3 is 12.1 Å². The van der Waals surface area contributed by atoms with Gasteiger partial charge in [-0.25, -0.2) is 4.79 Å². The molecule has 0 aromatic carbocycles. The molecule has 0 heterocycles. The SMILES string of the molecule is CC.CC(C)(C)OC(=O)CC(CO)NC(=O)OC(C)(C)C. The van der Waals surface area contributed by atoms with Gasteiger partial charge in [-0.1, -0.05) is 13.8 Å². The van der Waals surface area contributed by atoms with Crippen LogP contribution in [-0.2, 0) is 14.3 Å². The first-order valence-electron chi connectivity index (χ1n) is 7.25. The predicted molar refractivity (Wildman–Crippen MR) is 82.1 cm³/mol. The highest BCUT2D eigenvalue weighted by molar-refractivity contribution is 5.73. The molecule has 6 nitrogen and oxygen atoms in total. The Labute approximate surface area is 128 Å². The van der Waals surface area contributed by atoms with Crippen LogP contribution in [-0.4, -0.2) is 41.0 Å². The summed E-state index contributed by atoms with van der Waals surface area (Å²) in [6, 6.07) is -0.718. The molecular weight excluding hydrogens is 274 g/mol. The second-order valence-corrected chi connectivity index (χ2v) is 6.32. The highest BCUT2D eigenvalue weighted by atomic mass is 16.6. The van der Waals surface area contributed by atoms with Crippen molar-refractivity contribution in [2.75, 3.05) is 6.61 Å². The molecule has 1 unspecified atom stereocenters. The summed E-state index contributed by atoms with van der Waals surface area (Å²) in [5.74, 6) is -0.484. The molecule has 0 spiro atoms. The number of alkyl carbamates (subject to hydrolysis) is 1. The van der Waals surface area contributed by atoms with E-state index in [9.17, 15) is 9.59 Å². The van der Waals surface area contributed by atoms with Gasteiger partial charge in [-0.15, -0.1) is 0 Å². The predicted octanol–water partition coefficient (Wildman–Crippen LogP) is 2.63. The number of rotatable bonds is 4. The van der Waals surface area contributed by atoms with Crippen LogP contribution in [0.1, 0.15) is 61.8 Å². The fourth-order valence-electron chi connectivity index (χ4n) is 1.22. The van der Waals surface area contributed by atoms with Gasteiger partial charge in [0.15, 0.2) is 0 Å². The summed E-state index contributed by atoms with van der Waals surface area (Å²) in [6.07, 6.45) is -0.775. The molecule has 0 aliphatic rings. The maximum absolute atomic E-state index is 11.6. The minimum Gasteiger partial charge on any atom is -0.460 e. The first-order valence-corrected chi connectivity index (χ1v) is 7.25. The molecule has 1 amide bonds. The van der Waals surface area contributed by atoms with E-state index in [1.54, 1.807) is 41.5 Å². The van der Waals surface area contributed by atoms with Crippen molar-refractivity contribution in [2.45, 2.75) is 79.1 Å². The second kappa shape index (κ2) is 9.60. The van der Waals surface area contributed by atoms with Crippen LogP contribution >= 0.6 is 0 Å². The first kappa shape index (κ1) is 22.0. The largest absolute Gasteiger partial charge is 0.460 e. The molecule has 0 bridgehead atoms. The van der Waals surface area contributed by atoms with Crippen molar-refractivity contribution < 1.29 is 24.2 Å². The van der Waals surface area contributed by atoms with Crippen molar-refractivity contribution in [2.24, 2.45) is 0 Å². The maximum Gasteiger partial charge on any atom is 0.407 e. The summed E-state index contributed by atoms with van der Waals surface area (Å²) < 4.78 is 10.1. The third kappa shape index (κ3) is 14.9. The lowest BCUT2D eigenvalue weighted by molar-refractivity contribution is -0.155. The number of aliphatic hydroxyl groups is 1. The average molecular weight is 305 g/mol. The van der Waals surface area contributed by atoms with Gasteiger partial charge in [0, 0.05) is 0 Å². The molecule has 126 valence electrons. The van der Waals surface area contributed by atoms with Crippen molar-refractivity contribution in [3.8, 4) is 0 Å². The standard InChI is InChI=1S/C13H25NO5.C2H6/c1-12(2,3)18-10(16)7-9(8-15)14-11(17)19-13(4,5)6;1-2/h9,15H,7-8H2,1-6H3,(H,14,17);1-2H3. The summed E-state index contributed by atoms with van der Waals surface area (Å²) >= 11 is 0. The minimum absolute atomic E-state index is 0.104. The lowest BCUT2D eigenvalue weighted by Crippen LogP contribution is -2.42. The molecule has 1 atom stereocenters. The normalized spacial score (nSPS) is 12.6. The Balaban J connectivity index is 0. The number of carbonyl (C=O) groups is 2. The molecule has 21 heavy (non-hydrogen) atoms. The van der Waals surface area contributed by atoms with Gasteiger partial charge in [0.05, 0.1) is 19.1 Å². The Morgan fingerprint density at radius 3 is 1.76 bits per heavy atom. The molecular formula is C15H31NO5. The fourth-order valence-corrected chi connectivity index (χ4v) is 1.22. The average Bonchev–Trinajstić information content (AvgIpc) is 2.25. The molecule has 0 saturated heterocycles. The zero-order valence-corrected chi connectivity index (χ0v) is 14.6. The highest BCUT2D eigenvalue weighted by Gasteiger charge is 2.23. The number of esters is 1. The van der Waals surface area contributed by atoms with Gasteiger partial charge < -0.3 is 19.9 Å². The van der Waals surface area contributed by atoms with Crippen LogP contribution in [0.2, 0.25) is 0 Å². The van der Waals surface area contributed by atoms with Crippen LogP contribution in [0.4, 0.5) is 4.79 Å². The Kier molecular flexibility index (Phi) is 10.1. The number of hydrogen-bond acceptors (Lipinski definition) is 5. The number of nitrogens with one attached hydrogen (secondary N) is 1. The van der Waals surface area contributed by atoms with E-state index in [1.807, 2.05) is 13.8 Å². The van der Waals surface area contributed by atoms with Gasteiger partial charge in [0.25, 0.3) is 0 Å². The van der Waals surface area contributed by atoms with Gasteiger partial charge in [-0.3, -0.25) is 4.79 Å². The zero-order chi connectivity index (χ0) is 17.3. The highest BCUT2D eigenvalue weighted by Crippen LogP contribution is 2.10. The van der Waals surface area contributed by atoms with Gasteiger partial charge in [-0.2, -0.15) is 0 Å². The van der Waals surface area contributed by atoms with E-state index in [0.717, 1.165) is 0 Å². The summed E-state index contributed by atoms with van der Waals surface area (Å²) in [7, 11) is 0. The molecule has 0 aliphatic carbocycles. The van der Waals surface area contributed by atoms with E-state index in [1.165, 1.54) is 0 Å². The van der Waals surface area contributed by atoms with E-state index < -0.39 is 29.3 Å². The summed E-state index contributed by atoms with van der Waals surface area (Å²) in [4.78, 5) is 23.1. The van der Waals surface area contributed by atoms with Crippen LogP contribution < -0.4 is 5.32 Å². The van der Waals surface area contributed by atoms with Crippen LogP contribution in [0.3, 0.4) is 0 Å². The maximum atomic E-state index is 11.6. The van der Waals surface area contributed by atoms with Crippen molar-refractivity contribution in [1.29, 1.82) is 0 Å². The van der Waals surface area contributed by atoms with Gasteiger partial charge in [0.2, 0.25) is 0 Å². The van der Waals surface area contributed by atoms with Crippen LogP contribution in [0.25, 0.3) is 0 Å². The van der Waals surface area contributed by atoms with Crippen molar-refractivity contribution >= 4 is 12.1 Å². The van der Waals surface area contributed by atoms with Gasteiger partial charge in [0.1, 0.15) is 11.2 Å². The third-order valence-corrected chi connectivity index (χ3v) is 1.77. The minimum atomic E-state index is -0.718. The molecule has 6 heteroatoms. The molecule has 2 N–H and O–H groups in total. The van der Waals surface area contributed by atoms with Crippen LogP contribution in [0.5, 0.6) is 0 Å². The van der Waals surface area contributed by atoms with E-state index in [4.69, 9.17) is 14.6 Å². The molecule has 0 saturated carbocycles. The van der Waals surface area contributed by atoms with Crippen molar-refractivity contribution in [3.05, 3.63) is 0 Å². The van der Waals surface area contributed by atoms with Crippen molar-refractivity contribution in [1.82, 2.24) is 5.32 Å². The Bertz CT molecular complexity index is 285. The summed E-state index contributed by atoms with van der Waals surface area (Å²) in [5, 5.41) is 11.6. The Hall–Kier alpha value is -1.30. The smallest absolute Gasteiger partial charge is 0.407 e. The summed E-state index contributed by atoms with van der Waals surface area (Å²) in [6.45, 7) is 14.1. The molecule has 0 rings (SSSR count). The van der Waals surface area contributed by atoms with E-state index in [-0.39, 0.29) is 13.0 Å². The lowest BCUT2D eigenvalue weighted by Gasteiger charge is -2.24. The number of ether oxygens (including phenoxy) is 2.